The van der Waals surface area contributed by atoms with Crippen LogP contribution in [0.3, 0.4) is 0 Å². The van der Waals surface area contributed by atoms with E-state index in [1.54, 1.807) is 0 Å². The molecule has 1 saturated heterocycles. The van der Waals surface area contributed by atoms with E-state index < -0.39 is 0 Å². The molecule has 0 aromatic rings. The van der Waals surface area contributed by atoms with Gasteiger partial charge in [-0.2, -0.15) is 11.8 Å². The van der Waals surface area contributed by atoms with E-state index in [-0.39, 0.29) is 5.97 Å². The summed E-state index contributed by atoms with van der Waals surface area (Å²) in [5.74, 6) is -0.0634. The molecule has 0 spiro atoms. The molecule has 0 aromatic heterocycles. The number of thioether (sulfide) groups is 1. The lowest BCUT2D eigenvalue weighted by molar-refractivity contribution is -0.140. The van der Waals surface area contributed by atoms with Crippen molar-refractivity contribution >= 4 is 17.7 Å². The van der Waals surface area contributed by atoms with Crippen LogP contribution in [0, 0.1) is 0 Å². The van der Waals surface area contributed by atoms with Gasteiger partial charge in [-0.3, -0.25) is 4.79 Å². The van der Waals surface area contributed by atoms with E-state index in [4.69, 9.17) is 0 Å². The number of ether oxygens (including phenoxy) is 1. The van der Waals surface area contributed by atoms with Crippen molar-refractivity contribution in [2.24, 2.45) is 0 Å². The molecule has 0 bridgehead atoms. The smallest absolute Gasteiger partial charge is 0.305 e. The van der Waals surface area contributed by atoms with Gasteiger partial charge in [0.05, 0.1) is 7.11 Å². The van der Waals surface area contributed by atoms with E-state index in [0.29, 0.717) is 6.42 Å². The Morgan fingerprint density at radius 3 is 1.50 bits per heavy atom. The van der Waals surface area contributed by atoms with Crippen LogP contribution in [0.2, 0.25) is 0 Å². The van der Waals surface area contributed by atoms with Gasteiger partial charge < -0.3 is 4.74 Å². The fourth-order valence-corrected chi connectivity index (χ4v) is 4.27. The molecule has 2 atom stereocenters. The van der Waals surface area contributed by atoms with E-state index in [0.717, 1.165) is 16.9 Å². The first-order valence-electron chi connectivity index (χ1n) is 10.5. The highest BCUT2D eigenvalue weighted by Crippen LogP contribution is 2.43. The van der Waals surface area contributed by atoms with Crippen LogP contribution in [0.5, 0.6) is 0 Å². The van der Waals surface area contributed by atoms with Crippen LogP contribution in [0.4, 0.5) is 0 Å². The predicted molar refractivity (Wildman–Crippen MR) is 107 cm³/mol. The van der Waals surface area contributed by atoms with Crippen molar-refractivity contribution < 1.29 is 9.53 Å². The van der Waals surface area contributed by atoms with Crippen molar-refractivity contribution in [3.05, 3.63) is 0 Å². The van der Waals surface area contributed by atoms with Crippen LogP contribution >= 0.6 is 11.8 Å². The first-order valence-corrected chi connectivity index (χ1v) is 11.4. The Hall–Kier alpha value is -0.180. The van der Waals surface area contributed by atoms with E-state index in [1.165, 1.54) is 97.0 Å². The molecule has 0 N–H and O–H groups in total. The lowest BCUT2D eigenvalue weighted by Gasteiger charge is -2.03. The molecule has 1 rings (SSSR count). The second-order valence-electron chi connectivity index (χ2n) is 7.44. The molecule has 1 heterocycles. The maximum Gasteiger partial charge on any atom is 0.305 e. The van der Waals surface area contributed by atoms with Gasteiger partial charge in [0.2, 0.25) is 0 Å². The minimum atomic E-state index is -0.0634. The highest BCUT2D eigenvalue weighted by Gasteiger charge is 2.32. The van der Waals surface area contributed by atoms with Crippen molar-refractivity contribution in [1.82, 2.24) is 0 Å². The normalized spacial score (nSPS) is 19.4. The molecule has 3 heteroatoms. The highest BCUT2D eigenvalue weighted by atomic mass is 32.2. The summed E-state index contributed by atoms with van der Waals surface area (Å²) in [5.41, 5.74) is 0. The Labute approximate surface area is 154 Å². The number of hydrogen-bond donors (Lipinski definition) is 0. The molecule has 0 saturated carbocycles. The maximum absolute atomic E-state index is 11.0. The highest BCUT2D eigenvalue weighted by molar-refractivity contribution is 8.07. The first kappa shape index (κ1) is 21.9. The molecule has 2 nitrogen and oxygen atoms in total. The zero-order valence-corrected chi connectivity index (χ0v) is 17.0. The summed E-state index contributed by atoms with van der Waals surface area (Å²) in [6.07, 6.45) is 21.2. The maximum atomic E-state index is 11.0. The van der Waals surface area contributed by atoms with Gasteiger partial charge in [0.1, 0.15) is 0 Å². The van der Waals surface area contributed by atoms with E-state index in [2.05, 4.69) is 23.4 Å². The summed E-state index contributed by atoms with van der Waals surface area (Å²) < 4.78 is 4.65. The lowest BCUT2D eigenvalue weighted by Crippen LogP contribution is -1.99. The van der Waals surface area contributed by atoms with Gasteiger partial charge in [-0.25, -0.2) is 0 Å². The fraction of sp³-hybridized carbons (Fsp3) is 0.952. The monoisotopic (exact) mass is 356 g/mol. The summed E-state index contributed by atoms with van der Waals surface area (Å²) in [6, 6.07) is 0. The van der Waals surface area contributed by atoms with Gasteiger partial charge in [0.25, 0.3) is 0 Å². The lowest BCUT2D eigenvalue weighted by atomic mass is 10.0. The third-order valence-electron chi connectivity index (χ3n) is 5.18. The first-order chi connectivity index (χ1) is 11.7. The molecule has 1 aliphatic heterocycles. The van der Waals surface area contributed by atoms with E-state index in [1.807, 2.05) is 0 Å². The van der Waals surface area contributed by atoms with Crippen molar-refractivity contribution in [2.45, 2.75) is 120 Å². The summed E-state index contributed by atoms with van der Waals surface area (Å²) in [7, 11) is 1.47. The molecule has 24 heavy (non-hydrogen) atoms. The fourth-order valence-electron chi connectivity index (χ4n) is 3.37. The van der Waals surface area contributed by atoms with Crippen LogP contribution in [0.15, 0.2) is 0 Å². The van der Waals surface area contributed by atoms with Crippen LogP contribution in [-0.2, 0) is 9.53 Å². The number of esters is 1. The largest absolute Gasteiger partial charge is 0.469 e. The van der Waals surface area contributed by atoms with Crippen molar-refractivity contribution in [1.29, 1.82) is 0 Å². The van der Waals surface area contributed by atoms with Gasteiger partial charge >= 0.3 is 5.97 Å². The Bertz CT molecular complexity index is 306. The Balaban J connectivity index is 1.64. The standard InChI is InChI=1S/C21H40O2S/c1-19-20(24-19)17-15-13-11-9-7-5-3-4-6-8-10-12-14-16-18-21(22)23-2/h19-20H,3-18H2,1-2H3. The molecule has 2 unspecified atom stereocenters. The number of carbonyl (C=O) groups is 1. The number of methoxy groups -OCH3 is 1. The Morgan fingerprint density at radius 2 is 1.12 bits per heavy atom. The third-order valence-corrected chi connectivity index (χ3v) is 6.62. The molecule has 1 aliphatic rings. The van der Waals surface area contributed by atoms with Gasteiger partial charge in [0, 0.05) is 16.9 Å². The van der Waals surface area contributed by atoms with Crippen molar-refractivity contribution in [2.75, 3.05) is 7.11 Å². The summed E-state index contributed by atoms with van der Waals surface area (Å²) >= 11 is 2.16. The average Bonchev–Trinajstić information content (AvgIpc) is 3.29. The predicted octanol–water partition coefficient (Wildman–Crippen LogP) is 6.90. The van der Waals surface area contributed by atoms with Crippen molar-refractivity contribution in [3.63, 3.8) is 0 Å². The quantitative estimate of drug-likeness (QED) is 0.161. The van der Waals surface area contributed by atoms with Crippen LogP contribution < -0.4 is 0 Å². The van der Waals surface area contributed by atoms with Crippen molar-refractivity contribution in [3.8, 4) is 0 Å². The van der Waals surface area contributed by atoms with Crippen LogP contribution in [0.25, 0.3) is 0 Å². The SMILES string of the molecule is COC(=O)CCCCCCCCCCCCCCCCC1SC1C. The number of carbonyl (C=O) groups excluding carboxylic acids is 1. The van der Waals surface area contributed by atoms with Gasteiger partial charge in [0.15, 0.2) is 0 Å². The molecule has 0 radical (unpaired) electrons. The van der Waals surface area contributed by atoms with Crippen LogP contribution in [0.1, 0.15) is 110 Å². The molecule has 0 amide bonds. The topological polar surface area (TPSA) is 26.3 Å². The summed E-state index contributed by atoms with van der Waals surface area (Å²) in [6.45, 7) is 2.36. The minimum Gasteiger partial charge on any atom is -0.469 e. The van der Waals surface area contributed by atoms with Gasteiger partial charge in [-0.1, -0.05) is 90.4 Å². The molecule has 0 aliphatic carbocycles. The zero-order valence-electron chi connectivity index (χ0n) is 16.2. The number of hydrogen-bond acceptors (Lipinski definition) is 3. The molecular weight excluding hydrogens is 316 g/mol. The van der Waals surface area contributed by atoms with Crippen LogP contribution in [-0.4, -0.2) is 23.6 Å². The van der Waals surface area contributed by atoms with Gasteiger partial charge in [-0.15, -0.1) is 0 Å². The number of rotatable bonds is 17. The third kappa shape index (κ3) is 13.1. The Morgan fingerprint density at radius 1 is 0.750 bits per heavy atom. The second kappa shape index (κ2) is 15.1. The summed E-state index contributed by atoms with van der Waals surface area (Å²) in [5, 5.41) is 1.97. The van der Waals surface area contributed by atoms with Gasteiger partial charge in [-0.05, 0) is 12.8 Å². The second-order valence-corrected chi connectivity index (χ2v) is 9.07. The Kier molecular flexibility index (Phi) is 13.8. The summed E-state index contributed by atoms with van der Waals surface area (Å²) in [4.78, 5) is 11.0. The number of unbranched alkanes of at least 4 members (excludes halogenated alkanes) is 13. The molecule has 1 fully saturated rings. The molecular formula is C21H40O2S. The van der Waals surface area contributed by atoms with E-state index in [9.17, 15) is 4.79 Å². The van der Waals surface area contributed by atoms with E-state index >= 15 is 0 Å². The average molecular weight is 357 g/mol. The zero-order chi connectivity index (χ0) is 17.5. The molecule has 0 aromatic carbocycles. The molecule has 142 valence electrons. The minimum absolute atomic E-state index is 0.0634.